The maximum absolute atomic E-state index is 13.0. The molecule has 0 fully saturated rings. The molecular weight excluding hydrogens is 399 g/mol. The molecule has 0 amide bonds. The first kappa shape index (κ1) is 20.5. The van der Waals surface area contributed by atoms with Gasteiger partial charge in [-0.05, 0) is 50.2 Å². The second-order valence-electron chi connectivity index (χ2n) is 6.11. The van der Waals surface area contributed by atoms with Gasteiger partial charge in [-0.25, -0.2) is 4.57 Å². The quantitative estimate of drug-likeness (QED) is 0.291. The van der Waals surface area contributed by atoms with Crippen molar-refractivity contribution in [2.24, 2.45) is 0 Å². The Hall–Kier alpha value is -3.19. The van der Waals surface area contributed by atoms with Crippen LogP contribution < -0.4 is 14.3 Å². The average Bonchev–Trinajstić information content (AvgIpc) is 2.70. The van der Waals surface area contributed by atoms with Crippen LogP contribution in [-0.4, -0.2) is 10.2 Å². The molecule has 0 bridgehead atoms. The smallest absolute Gasteiger partial charge is 0.504 e. The van der Waals surface area contributed by atoms with Gasteiger partial charge < -0.3 is 24.5 Å². The Bertz CT molecular complexity index is 928. The van der Waals surface area contributed by atoms with Crippen LogP contribution in [0, 0.1) is 13.8 Å². The van der Waals surface area contributed by atoms with Crippen LogP contribution in [0.5, 0.6) is 28.7 Å². The Morgan fingerprint density at radius 3 is 1.52 bits per heavy atom. The second kappa shape index (κ2) is 8.87. The van der Waals surface area contributed by atoms with Crippen molar-refractivity contribution in [3.05, 3.63) is 77.9 Å². The molecule has 152 valence electrons. The lowest BCUT2D eigenvalue weighted by Crippen LogP contribution is -2.08. The Balaban J connectivity index is 1.79. The van der Waals surface area contributed by atoms with Gasteiger partial charge in [-0.15, -0.1) is 0 Å². The minimum absolute atomic E-state index is 0.222. The molecule has 3 aromatic carbocycles. The van der Waals surface area contributed by atoms with E-state index in [2.05, 4.69) is 0 Å². The monoisotopic (exact) mass is 418 g/mol. The summed E-state index contributed by atoms with van der Waals surface area (Å²) < 4.78 is 27.9. The molecule has 0 spiro atoms. The van der Waals surface area contributed by atoms with Gasteiger partial charge in [0.05, 0.1) is 0 Å². The van der Waals surface area contributed by atoms with Crippen molar-refractivity contribution in [1.29, 1.82) is 0 Å². The van der Waals surface area contributed by atoms with Crippen LogP contribution in [0.15, 0.2) is 66.7 Å². The fraction of sp³-hybridized carbons (Fsp3) is 0.100. The Morgan fingerprint density at radius 2 is 1.10 bits per heavy atom. The van der Waals surface area contributed by atoms with E-state index in [4.69, 9.17) is 23.6 Å². The molecule has 0 aliphatic heterocycles. The minimum Gasteiger partial charge on any atom is -0.504 e. The number of phosphoric acid groups is 1. The number of hydrogen-bond acceptors (Lipinski definition) is 8. The Morgan fingerprint density at radius 1 is 0.690 bits per heavy atom. The van der Waals surface area contributed by atoms with Crippen molar-refractivity contribution in [2.75, 3.05) is 0 Å². The first-order chi connectivity index (χ1) is 13.8. The third-order valence-corrected chi connectivity index (χ3v) is 4.59. The molecule has 0 saturated carbocycles. The lowest BCUT2D eigenvalue weighted by Gasteiger charge is -2.17. The van der Waals surface area contributed by atoms with Crippen LogP contribution in [0.25, 0.3) is 0 Å². The minimum atomic E-state index is -4.61. The zero-order chi connectivity index (χ0) is 20.9. The van der Waals surface area contributed by atoms with E-state index in [-0.39, 0.29) is 11.5 Å². The number of benzene rings is 3. The van der Waals surface area contributed by atoms with Crippen molar-refractivity contribution in [1.82, 2.24) is 0 Å². The topological polar surface area (TPSA) is 104 Å². The van der Waals surface area contributed by atoms with Crippen LogP contribution >= 0.6 is 7.82 Å². The highest BCUT2D eigenvalue weighted by Crippen LogP contribution is 2.54. The summed E-state index contributed by atoms with van der Waals surface area (Å²) in [6.45, 7) is 3.77. The molecule has 0 aliphatic rings. The van der Waals surface area contributed by atoms with Crippen LogP contribution in [0.4, 0.5) is 0 Å². The van der Waals surface area contributed by atoms with Gasteiger partial charge in [0, 0.05) is 0 Å². The van der Waals surface area contributed by atoms with Gasteiger partial charge in [0.2, 0.25) is 5.75 Å². The molecule has 0 radical (unpaired) electrons. The van der Waals surface area contributed by atoms with E-state index in [1.54, 1.807) is 48.5 Å². The first-order valence-electron chi connectivity index (χ1n) is 8.51. The molecule has 0 aliphatic carbocycles. The summed E-state index contributed by atoms with van der Waals surface area (Å²) >= 11 is 0. The normalized spacial score (nSPS) is 11.1. The lowest BCUT2D eigenvalue weighted by molar-refractivity contribution is -0.185. The predicted octanol–water partition coefficient (Wildman–Crippen LogP) is 5.22. The summed E-state index contributed by atoms with van der Waals surface area (Å²) in [5, 5.41) is 19.8. The summed E-state index contributed by atoms with van der Waals surface area (Å²) in [5.74, 6) is -1.04. The molecule has 0 saturated heterocycles. The second-order valence-corrected chi connectivity index (χ2v) is 7.48. The zero-order valence-electron chi connectivity index (χ0n) is 15.6. The summed E-state index contributed by atoms with van der Waals surface area (Å²) in [6, 6.07) is 17.2. The maximum atomic E-state index is 13.0. The average molecular weight is 418 g/mol. The molecule has 29 heavy (non-hydrogen) atoms. The van der Waals surface area contributed by atoms with Crippen LogP contribution in [0.1, 0.15) is 11.1 Å². The largest absolute Gasteiger partial charge is 0.604 e. The molecule has 0 unspecified atom stereocenters. The number of para-hydroxylation sites is 1. The van der Waals surface area contributed by atoms with E-state index < -0.39 is 25.1 Å². The zero-order valence-corrected chi connectivity index (χ0v) is 16.5. The first-order valence-corrected chi connectivity index (χ1v) is 9.97. The SMILES string of the molecule is Cc1ccc(OOP(=O)(OOc2ccc(C)cc2)Oc2c(O)cccc2O)cc1. The van der Waals surface area contributed by atoms with Crippen molar-refractivity contribution < 1.29 is 38.4 Å². The molecule has 9 heteroatoms. The standard InChI is InChI=1S/C20H19O8P/c1-14-6-10-16(11-7-14)24-27-29(23,26-20-18(21)4-3-5-19(20)22)28-25-17-12-8-15(2)9-13-17/h3-13,21-22H,1-2H3. The van der Waals surface area contributed by atoms with Crippen molar-refractivity contribution >= 4 is 7.82 Å². The van der Waals surface area contributed by atoms with Gasteiger partial charge >= 0.3 is 7.82 Å². The molecule has 0 atom stereocenters. The number of aromatic hydroxyl groups is 2. The lowest BCUT2D eigenvalue weighted by atomic mass is 10.2. The van der Waals surface area contributed by atoms with Gasteiger partial charge in [0.15, 0.2) is 23.0 Å². The van der Waals surface area contributed by atoms with Crippen molar-refractivity contribution in [2.45, 2.75) is 13.8 Å². The van der Waals surface area contributed by atoms with Crippen molar-refractivity contribution in [3.63, 3.8) is 0 Å². The molecule has 2 N–H and O–H groups in total. The van der Waals surface area contributed by atoms with E-state index in [0.29, 0.717) is 0 Å². The number of phenolic OH excluding ortho intramolecular Hbond substituents is 2. The number of rotatable bonds is 8. The molecule has 0 aromatic heterocycles. The highest BCUT2D eigenvalue weighted by Gasteiger charge is 2.36. The van der Waals surface area contributed by atoms with E-state index in [0.717, 1.165) is 11.1 Å². The summed E-state index contributed by atoms with van der Waals surface area (Å²) in [6.07, 6.45) is 0. The van der Waals surface area contributed by atoms with E-state index >= 15 is 0 Å². The van der Waals surface area contributed by atoms with Gasteiger partial charge in [-0.2, -0.15) is 0 Å². The Labute approximate surface area is 167 Å². The molecule has 3 aromatic rings. The van der Waals surface area contributed by atoms with E-state index in [9.17, 15) is 14.8 Å². The summed E-state index contributed by atoms with van der Waals surface area (Å²) in [4.78, 5) is 10.1. The van der Waals surface area contributed by atoms with Crippen LogP contribution in [0.2, 0.25) is 0 Å². The summed E-state index contributed by atoms with van der Waals surface area (Å²) in [7, 11) is -4.61. The molecule has 3 rings (SSSR count). The van der Waals surface area contributed by atoms with E-state index in [1.165, 1.54) is 18.2 Å². The fourth-order valence-corrected chi connectivity index (χ4v) is 2.98. The van der Waals surface area contributed by atoms with Gasteiger partial charge in [-0.1, -0.05) is 50.8 Å². The highest BCUT2D eigenvalue weighted by atomic mass is 31.2. The predicted molar refractivity (Wildman–Crippen MR) is 104 cm³/mol. The third-order valence-electron chi connectivity index (χ3n) is 3.67. The van der Waals surface area contributed by atoms with Gasteiger partial charge in [0.1, 0.15) is 0 Å². The Kier molecular flexibility index (Phi) is 6.29. The molecular formula is C20H19O8P. The molecule has 8 nitrogen and oxygen atoms in total. The number of phenols is 2. The van der Waals surface area contributed by atoms with Crippen molar-refractivity contribution in [3.8, 4) is 28.7 Å². The maximum Gasteiger partial charge on any atom is 0.604 e. The van der Waals surface area contributed by atoms with Gasteiger partial charge in [0.25, 0.3) is 0 Å². The number of aryl methyl sites for hydroxylation is 2. The fourth-order valence-electron chi connectivity index (χ4n) is 2.13. The highest BCUT2D eigenvalue weighted by molar-refractivity contribution is 7.48. The van der Waals surface area contributed by atoms with E-state index in [1.807, 2.05) is 13.8 Å². The third kappa shape index (κ3) is 5.65. The summed E-state index contributed by atoms with van der Waals surface area (Å²) in [5.41, 5.74) is 1.96. The molecule has 0 heterocycles. The number of hydrogen-bond donors (Lipinski definition) is 2. The van der Waals surface area contributed by atoms with Crippen LogP contribution in [0.3, 0.4) is 0 Å². The van der Waals surface area contributed by atoms with Crippen LogP contribution in [-0.2, 0) is 13.9 Å². The van der Waals surface area contributed by atoms with Gasteiger partial charge in [-0.3, -0.25) is 0 Å².